The third kappa shape index (κ3) is 13.5. The molecule has 8 aromatic heterocycles. The van der Waals surface area contributed by atoms with E-state index in [0.29, 0.717) is 28.7 Å². The smallest absolute Gasteiger partial charge is 0.386 e. The number of H-pyrrole nitrogens is 1. The van der Waals surface area contributed by atoms with Gasteiger partial charge in [-0.1, -0.05) is 19.2 Å². The van der Waals surface area contributed by atoms with Crippen molar-refractivity contribution < 1.29 is 98.4 Å². The minimum Gasteiger partial charge on any atom is -0.387 e. The van der Waals surface area contributed by atoms with Crippen LogP contribution in [0.4, 0.5) is 29.2 Å². The van der Waals surface area contributed by atoms with Gasteiger partial charge in [0, 0.05) is 36.4 Å². The highest BCUT2D eigenvalue weighted by Crippen LogP contribution is 2.64. The van der Waals surface area contributed by atoms with Gasteiger partial charge in [0.15, 0.2) is 52.8 Å². The average Bonchev–Trinajstić information content (AvgIpc) is 1.56. The molecule has 16 heterocycles. The minimum absolute atomic E-state index is 0.0200. The summed E-state index contributed by atoms with van der Waals surface area (Å²) in [6.07, 6.45) is -11.6. The lowest BCUT2D eigenvalue weighted by atomic mass is 9.94. The molecule has 53 heteroatoms. The Bertz CT molecular complexity index is 5380. The number of nitrogen functional groups attached to an aromatic ring is 5. The van der Waals surface area contributed by atoms with Crippen LogP contribution in [0, 0.1) is 13.8 Å². The van der Waals surface area contributed by atoms with Crippen molar-refractivity contribution in [3.8, 4) is 0 Å². The largest absolute Gasteiger partial charge is 0.387 e. The van der Waals surface area contributed by atoms with Crippen LogP contribution >= 0.6 is 39.2 Å². The van der Waals surface area contributed by atoms with Crippen LogP contribution in [0.15, 0.2) is 58.4 Å². The Balaban J connectivity index is 0.653. The molecule has 0 radical (unpaired) electrons. The van der Waals surface area contributed by atoms with Crippen molar-refractivity contribution >= 4 is 137 Å². The van der Waals surface area contributed by atoms with E-state index in [2.05, 4.69) is 67.1 Å². The number of fused-ring (bicyclic) bond motifs is 9. The fourth-order valence-electron chi connectivity index (χ4n) is 15.2. The molecule has 8 fully saturated rings. The molecule has 9 unspecified atom stereocenters. The summed E-state index contributed by atoms with van der Waals surface area (Å²) in [5.74, 6) is -0.179. The van der Waals surface area contributed by atoms with Crippen LogP contribution in [0.3, 0.4) is 0 Å². The third-order valence-electron chi connectivity index (χ3n) is 21.0. The Hall–Kier alpha value is -6.06. The zero-order valence-corrected chi connectivity index (χ0v) is 65.3. The molecule has 0 aliphatic carbocycles. The Morgan fingerprint density at radius 3 is 1.61 bits per heavy atom. The number of aliphatic hydroxyl groups is 1. The number of aliphatic hydroxyl groups excluding tert-OH is 1. The molecule has 8 aliphatic heterocycles. The van der Waals surface area contributed by atoms with Crippen molar-refractivity contribution in [1.82, 2.24) is 77.7 Å². The number of imidazole rings is 3. The maximum absolute atomic E-state index is 15.1. The predicted octanol–water partition coefficient (Wildman–Crippen LogP) is 0.647. The van der Waals surface area contributed by atoms with Gasteiger partial charge in [-0.15, -0.1) is 0 Å². The van der Waals surface area contributed by atoms with Crippen LogP contribution in [0.2, 0.25) is 0 Å². The molecular weight excluding hydrogens is 1610 g/mol. The lowest BCUT2D eigenvalue weighted by molar-refractivity contribution is -0.217. The first-order valence-corrected chi connectivity index (χ1v) is 44.4. The highest BCUT2D eigenvalue weighted by atomic mass is 32.7. The number of thiol groups is 1. The Kier molecular flexibility index (Phi) is 20.1. The van der Waals surface area contributed by atoms with Crippen molar-refractivity contribution in [3.05, 3.63) is 86.5 Å². The quantitative estimate of drug-likeness (QED) is 0.0262. The molecule has 0 amide bonds. The summed E-state index contributed by atoms with van der Waals surface area (Å²) < 4.78 is 124. The molecule has 0 aromatic carbocycles. The summed E-state index contributed by atoms with van der Waals surface area (Å²) in [7, 11) is 0. The van der Waals surface area contributed by atoms with Crippen LogP contribution in [0.1, 0.15) is 89.2 Å². The first-order valence-electron chi connectivity index (χ1n) is 33.9. The fourth-order valence-corrected chi connectivity index (χ4v) is 21.1. The van der Waals surface area contributed by atoms with E-state index in [1.807, 2.05) is 6.92 Å². The minimum atomic E-state index is -4.82. The number of ether oxygens (including phenoxy) is 8. The monoisotopic (exact) mass is 1690 g/mol. The van der Waals surface area contributed by atoms with E-state index in [4.69, 9.17) is 138 Å². The number of aromatic nitrogens is 16. The SMILES string of the molecule is CC[C@H]1O[C@@H](n2cnc3c(N)ncnc32)CC1OP(O)(=S)OC[C@H]1O[C@@H](n2cc(C)c(N)nc2=O)CC1OP(=O)(S)OC[C@@]12O[C@@H](n3cc(C)c(N)nc3=O)[C@@H](O[C@H]1C)C2OP(O)(=S)OC[C@@]12O[C@@H](n3cnc4c(N)ncnc43)[C@@H](O[C@H]1C)C2OP(O)(=S)OC[C@@]12O[C@@H](n3cnc4c(=O)[nH]c(N)nc43)[C@@H](O[C@H]1C)C2O. The zero-order valence-electron chi connectivity index (χ0n) is 58.4. The second kappa shape index (κ2) is 28.4. The zero-order chi connectivity index (χ0) is 78.0. The Morgan fingerprint density at radius 1 is 0.555 bits per heavy atom. The molecule has 16 rings (SSSR count). The summed E-state index contributed by atoms with van der Waals surface area (Å²) in [6.45, 7) is -11.6. The molecule has 15 N–H and O–H groups in total. The lowest BCUT2D eigenvalue weighted by Crippen LogP contribution is -2.52. The van der Waals surface area contributed by atoms with E-state index in [1.54, 1.807) is 32.3 Å². The van der Waals surface area contributed by atoms with Crippen LogP contribution in [0.25, 0.3) is 33.5 Å². The number of hydrogen-bond donors (Lipinski definition) is 11. The van der Waals surface area contributed by atoms with Gasteiger partial charge in [-0.2, -0.15) is 15.0 Å². The number of nitrogens with two attached hydrogens (primary N) is 5. The molecule has 6 bridgehead atoms. The van der Waals surface area contributed by atoms with E-state index in [9.17, 15) is 34.2 Å². The number of anilines is 5. The molecule has 45 nitrogen and oxygen atoms in total. The molecule has 0 spiro atoms. The molecule has 0 saturated carbocycles. The molecule has 8 saturated heterocycles. The predicted molar refractivity (Wildman–Crippen MR) is 392 cm³/mol. The molecule has 8 aromatic rings. The summed E-state index contributed by atoms with van der Waals surface area (Å²) in [6, 6.07) is 0. The van der Waals surface area contributed by atoms with Gasteiger partial charge in [0.1, 0.15) is 113 Å². The van der Waals surface area contributed by atoms with Gasteiger partial charge in [0.05, 0.1) is 75.9 Å². The highest BCUT2D eigenvalue weighted by Gasteiger charge is 2.72. The Labute approximate surface area is 639 Å². The van der Waals surface area contributed by atoms with Gasteiger partial charge in [0.2, 0.25) is 5.95 Å². The normalized spacial score (nSPS) is 35.3. The van der Waals surface area contributed by atoms with Gasteiger partial charge in [0.25, 0.3) is 5.56 Å². The van der Waals surface area contributed by atoms with E-state index in [-0.39, 0.29) is 64.4 Å². The van der Waals surface area contributed by atoms with Gasteiger partial charge in [-0.3, -0.25) is 50.7 Å². The van der Waals surface area contributed by atoms with E-state index < -0.39 is 198 Å². The van der Waals surface area contributed by atoms with E-state index in [1.165, 1.54) is 60.1 Å². The van der Waals surface area contributed by atoms with E-state index >= 15 is 4.57 Å². The van der Waals surface area contributed by atoms with Crippen LogP contribution in [-0.4, -0.2) is 220 Å². The first kappa shape index (κ1) is 77.9. The van der Waals surface area contributed by atoms with Crippen LogP contribution < -0.4 is 45.6 Å². The topological polar surface area (TPSA) is 596 Å². The number of nitrogens with one attached hydrogen (secondary N) is 1. The fraction of sp³-hybridized carbons (Fsp3) is 0.596. The average molecular weight is 1690 g/mol. The van der Waals surface area contributed by atoms with Crippen molar-refractivity contribution in [2.75, 3.05) is 55.1 Å². The van der Waals surface area contributed by atoms with Crippen molar-refractivity contribution in [2.45, 2.75) is 188 Å². The van der Waals surface area contributed by atoms with Gasteiger partial charge < -0.3 is 104 Å². The van der Waals surface area contributed by atoms with E-state index in [0.717, 1.165) is 9.13 Å². The number of nitrogens with zero attached hydrogens (tertiary/aromatic N) is 15. The van der Waals surface area contributed by atoms with Crippen molar-refractivity contribution in [3.63, 3.8) is 0 Å². The standard InChI is InChI=1S/C57H73N21O24P4S4/c1-7-26-27(8-31(94-26)76-18-67-32-43(60)63-16-65-45(32)76)99-103(83,107)87-12-29-28(9-30(95-29)74-10-21(2)41(58)70-53(74)81)100-104(84,108)89-14-56-24(5)92-36(50(97-56)75-11-22(3)42(59)71-54(75)82)39(56)101-106(86,110)90-15-57-25(6)93-37(51(98-57)77-19-68-33-44(61)64-17-66-46(33)77)40(57)102-105(85,109)88-13-55-23(4)91-35(38(55)79)49(96-55)78-20-69-34-47(78)72-52(62)73-48(34)80/h10-11,16-20,23-31,35-40,49-51,79H,7-9,12-15H2,1-6H3,(H,83,107)(H,84,108)(H,85,109)(H,86,110)(H2,58,70,81)(H2,59,71,82)(H2,60,63,65)(H2,61,64,66)(H3,62,72,73,80)/t23-,24-,25-,26+,27?,28?,29+,30+,31+,35-,36-,37-,38?,39?,40?,49+,50+,51+,55+,56+,57+,103?,104?,105?,106?/m0/s1. The first-order chi connectivity index (χ1) is 52.0. The summed E-state index contributed by atoms with van der Waals surface area (Å²) >= 11 is 21.7. The van der Waals surface area contributed by atoms with Crippen LogP contribution in [-0.2, 0) is 114 Å². The number of aryl methyl sites for hydroxylation is 2. The number of hydrogen-bond acceptors (Lipinski definition) is 39. The third-order valence-corrected chi connectivity index (χ3v) is 27.2. The maximum atomic E-state index is 15.1. The summed E-state index contributed by atoms with van der Waals surface area (Å²) in [5, 5.41) is 11.9. The molecule has 110 heavy (non-hydrogen) atoms. The lowest BCUT2D eigenvalue weighted by Gasteiger charge is -2.38. The molecule has 594 valence electrons. The van der Waals surface area contributed by atoms with Crippen molar-refractivity contribution in [2.24, 2.45) is 0 Å². The number of aromatic amines is 1. The second-order valence-electron chi connectivity index (χ2n) is 27.5. The highest BCUT2D eigenvalue weighted by molar-refractivity contribution is 8.44. The maximum Gasteiger partial charge on any atom is 0.386 e. The molecule has 25 atom stereocenters. The van der Waals surface area contributed by atoms with Gasteiger partial charge in [-0.05, 0) is 76.5 Å². The summed E-state index contributed by atoms with van der Waals surface area (Å²) in [4.78, 5) is 121. The summed E-state index contributed by atoms with van der Waals surface area (Å²) in [5.41, 5.74) is 24.0. The van der Waals surface area contributed by atoms with Gasteiger partial charge >= 0.3 is 38.3 Å². The van der Waals surface area contributed by atoms with Crippen molar-refractivity contribution in [1.29, 1.82) is 0 Å². The Morgan fingerprint density at radius 2 is 1.01 bits per heavy atom. The molecular formula is C57H73N21O24P4S4. The van der Waals surface area contributed by atoms with Gasteiger partial charge in [-0.25, -0.2) is 49.0 Å². The molecule has 8 aliphatic rings. The van der Waals surface area contributed by atoms with Crippen LogP contribution in [0.5, 0.6) is 0 Å². The number of rotatable bonds is 26. The second-order valence-corrected chi connectivity index (χ2v) is 38.7.